The Morgan fingerprint density at radius 1 is 1.00 bits per heavy atom. The zero-order valence-electron chi connectivity index (χ0n) is 13.8. The molecule has 1 aliphatic carbocycles. The summed E-state index contributed by atoms with van der Waals surface area (Å²) in [7, 11) is 0. The van der Waals surface area contributed by atoms with Gasteiger partial charge in [0.1, 0.15) is 0 Å². The van der Waals surface area contributed by atoms with E-state index in [-0.39, 0.29) is 5.54 Å². The summed E-state index contributed by atoms with van der Waals surface area (Å²) >= 11 is 0. The Kier molecular flexibility index (Phi) is 5.88. The molecule has 20 heavy (non-hydrogen) atoms. The molecule has 2 rings (SSSR count). The van der Waals surface area contributed by atoms with Gasteiger partial charge in [-0.05, 0) is 65.2 Å². The van der Waals surface area contributed by atoms with E-state index in [9.17, 15) is 0 Å². The number of hydrogen-bond acceptors (Lipinski definition) is 3. The van der Waals surface area contributed by atoms with E-state index < -0.39 is 0 Å². The second-order valence-electron chi connectivity index (χ2n) is 7.80. The van der Waals surface area contributed by atoms with E-state index in [2.05, 4.69) is 33.0 Å². The summed E-state index contributed by atoms with van der Waals surface area (Å²) in [4.78, 5) is 0. The predicted molar refractivity (Wildman–Crippen MR) is 83.0 cm³/mol. The van der Waals surface area contributed by atoms with E-state index in [4.69, 9.17) is 9.47 Å². The van der Waals surface area contributed by atoms with Crippen molar-refractivity contribution in [2.45, 2.75) is 90.1 Å². The van der Waals surface area contributed by atoms with Gasteiger partial charge in [-0.2, -0.15) is 0 Å². The Bertz CT molecular complexity index is 279. The number of rotatable bonds is 5. The first kappa shape index (κ1) is 16.3. The van der Waals surface area contributed by atoms with Crippen molar-refractivity contribution >= 4 is 0 Å². The van der Waals surface area contributed by atoms with Crippen molar-refractivity contribution in [2.75, 3.05) is 13.2 Å². The van der Waals surface area contributed by atoms with Crippen LogP contribution < -0.4 is 5.32 Å². The van der Waals surface area contributed by atoms with E-state index in [1.165, 1.54) is 32.1 Å². The molecule has 0 radical (unpaired) electrons. The molecule has 1 heterocycles. The maximum atomic E-state index is 6.08. The summed E-state index contributed by atoms with van der Waals surface area (Å²) < 4.78 is 12.1. The van der Waals surface area contributed by atoms with Crippen LogP contribution in [0.25, 0.3) is 0 Å². The normalized spacial score (nSPS) is 35.4. The van der Waals surface area contributed by atoms with Gasteiger partial charge in [0.25, 0.3) is 0 Å². The summed E-state index contributed by atoms with van der Waals surface area (Å²) in [5, 5.41) is 3.53. The Morgan fingerprint density at radius 3 is 2.30 bits per heavy atom. The van der Waals surface area contributed by atoms with Crippen molar-refractivity contribution in [1.29, 1.82) is 0 Å². The molecule has 3 heteroatoms. The average molecular weight is 283 g/mol. The van der Waals surface area contributed by atoms with Crippen molar-refractivity contribution in [3.63, 3.8) is 0 Å². The number of nitrogens with one attached hydrogen (secondary N) is 1. The quantitative estimate of drug-likeness (QED) is 0.837. The molecule has 0 aromatic heterocycles. The van der Waals surface area contributed by atoms with Gasteiger partial charge >= 0.3 is 0 Å². The highest BCUT2D eigenvalue weighted by Gasteiger charge is 2.27. The van der Waals surface area contributed by atoms with Crippen molar-refractivity contribution in [1.82, 2.24) is 5.32 Å². The largest absolute Gasteiger partial charge is 0.376 e. The van der Waals surface area contributed by atoms with E-state index >= 15 is 0 Å². The van der Waals surface area contributed by atoms with Gasteiger partial charge in [0.15, 0.2) is 0 Å². The monoisotopic (exact) mass is 283 g/mol. The van der Waals surface area contributed by atoms with Gasteiger partial charge in [-0.15, -0.1) is 0 Å². The molecule has 3 nitrogen and oxygen atoms in total. The van der Waals surface area contributed by atoms with E-state index in [0.717, 1.165) is 25.5 Å². The number of hydrogen-bond donors (Lipinski definition) is 1. The molecular weight excluding hydrogens is 250 g/mol. The van der Waals surface area contributed by atoms with Crippen LogP contribution in [0, 0.1) is 5.92 Å². The van der Waals surface area contributed by atoms with Gasteiger partial charge in [-0.3, -0.25) is 0 Å². The minimum absolute atomic E-state index is 0.177. The molecule has 0 amide bonds. The van der Waals surface area contributed by atoms with Crippen LogP contribution in [0.2, 0.25) is 0 Å². The van der Waals surface area contributed by atoms with E-state index in [0.29, 0.717) is 18.3 Å². The summed E-state index contributed by atoms with van der Waals surface area (Å²) in [6.45, 7) is 10.7. The fraction of sp³-hybridized carbons (Fsp3) is 1.00. The maximum absolute atomic E-state index is 6.08. The highest BCUT2D eigenvalue weighted by molar-refractivity contribution is 4.80. The molecule has 2 fully saturated rings. The van der Waals surface area contributed by atoms with Gasteiger partial charge in [0.05, 0.1) is 24.9 Å². The molecule has 0 aromatic rings. The summed E-state index contributed by atoms with van der Waals surface area (Å²) in [5.74, 6) is 0.894. The van der Waals surface area contributed by atoms with Crippen molar-refractivity contribution in [3.05, 3.63) is 0 Å². The third-order valence-electron chi connectivity index (χ3n) is 4.54. The zero-order valence-corrected chi connectivity index (χ0v) is 13.8. The molecule has 1 N–H and O–H groups in total. The van der Waals surface area contributed by atoms with Crippen LogP contribution >= 0.6 is 0 Å². The predicted octanol–water partition coefficient (Wildman–Crippen LogP) is 3.52. The average Bonchev–Trinajstić information content (AvgIpc) is 2.83. The summed E-state index contributed by atoms with van der Waals surface area (Å²) in [6, 6.07) is 0. The molecule has 1 saturated heterocycles. The molecule has 1 saturated carbocycles. The SMILES string of the molecule is CC1CCC(OCC2CCC(CNC(C)(C)C)O2)CC1. The Balaban J connectivity index is 1.59. The van der Waals surface area contributed by atoms with Crippen molar-refractivity contribution in [2.24, 2.45) is 5.92 Å². The molecule has 118 valence electrons. The first-order valence-corrected chi connectivity index (χ1v) is 8.44. The maximum Gasteiger partial charge on any atom is 0.0814 e. The summed E-state index contributed by atoms with van der Waals surface area (Å²) in [6.07, 6.45) is 8.63. The minimum Gasteiger partial charge on any atom is -0.376 e. The zero-order chi connectivity index (χ0) is 14.6. The van der Waals surface area contributed by atoms with Crippen LogP contribution in [0.5, 0.6) is 0 Å². The Labute approximate surface area is 124 Å². The smallest absolute Gasteiger partial charge is 0.0814 e. The minimum atomic E-state index is 0.177. The highest BCUT2D eigenvalue weighted by atomic mass is 16.5. The molecule has 1 aliphatic heterocycles. The standard InChI is InChI=1S/C17H33NO2/c1-13-5-7-14(8-6-13)19-12-16-10-9-15(20-16)11-18-17(2,3)4/h13-16,18H,5-12H2,1-4H3. The third kappa shape index (κ3) is 5.71. The first-order valence-electron chi connectivity index (χ1n) is 8.44. The lowest BCUT2D eigenvalue weighted by atomic mass is 9.89. The van der Waals surface area contributed by atoms with Crippen LogP contribution in [0.3, 0.4) is 0 Å². The van der Waals surface area contributed by atoms with E-state index in [1.807, 2.05) is 0 Å². The fourth-order valence-electron chi connectivity index (χ4n) is 3.11. The molecule has 0 aromatic carbocycles. The van der Waals surface area contributed by atoms with Crippen LogP contribution in [0.4, 0.5) is 0 Å². The van der Waals surface area contributed by atoms with Gasteiger partial charge < -0.3 is 14.8 Å². The number of ether oxygens (including phenoxy) is 2. The molecular formula is C17H33NO2. The second-order valence-corrected chi connectivity index (χ2v) is 7.80. The van der Waals surface area contributed by atoms with E-state index in [1.54, 1.807) is 0 Å². The molecule has 0 bridgehead atoms. The van der Waals surface area contributed by atoms with Crippen LogP contribution in [-0.2, 0) is 9.47 Å². The topological polar surface area (TPSA) is 30.5 Å². The van der Waals surface area contributed by atoms with Crippen molar-refractivity contribution in [3.8, 4) is 0 Å². The van der Waals surface area contributed by atoms with Crippen LogP contribution in [0.15, 0.2) is 0 Å². The molecule has 2 aliphatic rings. The Morgan fingerprint density at radius 2 is 1.65 bits per heavy atom. The van der Waals surface area contributed by atoms with Gasteiger partial charge in [0.2, 0.25) is 0 Å². The summed E-state index contributed by atoms with van der Waals surface area (Å²) in [5.41, 5.74) is 0.177. The van der Waals surface area contributed by atoms with Crippen LogP contribution in [-0.4, -0.2) is 37.0 Å². The van der Waals surface area contributed by atoms with Gasteiger partial charge in [0, 0.05) is 12.1 Å². The molecule has 2 atom stereocenters. The fourth-order valence-corrected chi connectivity index (χ4v) is 3.11. The lowest BCUT2D eigenvalue weighted by Gasteiger charge is -2.27. The third-order valence-corrected chi connectivity index (χ3v) is 4.54. The highest BCUT2D eigenvalue weighted by Crippen LogP contribution is 2.27. The van der Waals surface area contributed by atoms with Gasteiger partial charge in [-0.1, -0.05) is 6.92 Å². The Hall–Kier alpha value is -0.120. The molecule has 0 spiro atoms. The second kappa shape index (κ2) is 7.24. The lowest BCUT2D eigenvalue weighted by Crippen LogP contribution is -2.41. The van der Waals surface area contributed by atoms with Gasteiger partial charge in [-0.25, -0.2) is 0 Å². The van der Waals surface area contributed by atoms with Crippen molar-refractivity contribution < 1.29 is 9.47 Å². The lowest BCUT2D eigenvalue weighted by molar-refractivity contribution is -0.0535. The van der Waals surface area contributed by atoms with Crippen LogP contribution in [0.1, 0.15) is 66.2 Å². The molecule has 2 unspecified atom stereocenters. The first-order chi connectivity index (χ1) is 9.42.